The lowest BCUT2D eigenvalue weighted by atomic mass is 10.1. The quantitative estimate of drug-likeness (QED) is 0.515. The number of rotatable bonds is 8. The maximum absolute atomic E-state index is 12.1. The lowest BCUT2D eigenvalue weighted by Crippen LogP contribution is -2.41. The maximum Gasteiger partial charge on any atom is 0.405 e. The summed E-state index contributed by atoms with van der Waals surface area (Å²) in [7, 11) is 1.59. The zero-order valence-electron chi connectivity index (χ0n) is 16.1. The minimum Gasteiger partial charge on any atom is -0.383 e. The van der Waals surface area contributed by atoms with Crippen molar-refractivity contribution in [2.75, 3.05) is 26.8 Å². The van der Waals surface area contributed by atoms with Crippen molar-refractivity contribution in [2.45, 2.75) is 33.0 Å². The van der Waals surface area contributed by atoms with Crippen molar-refractivity contribution in [1.29, 1.82) is 5.26 Å². The second-order valence-electron chi connectivity index (χ2n) is 6.25. The van der Waals surface area contributed by atoms with Gasteiger partial charge in [-0.25, -0.2) is 0 Å². The third-order valence-corrected chi connectivity index (χ3v) is 3.93. The highest BCUT2D eigenvalue weighted by atomic mass is 19.4. The summed E-state index contributed by atoms with van der Waals surface area (Å²) in [6.07, 6.45) is -3.17. The second-order valence-corrected chi connectivity index (χ2v) is 6.25. The molecule has 0 saturated carbocycles. The van der Waals surface area contributed by atoms with E-state index >= 15 is 0 Å². The van der Waals surface area contributed by atoms with Gasteiger partial charge >= 0.3 is 6.18 Å². The maximum atomic E-state index is 12.1. The van der Waals surface area contributed by atoms with E-state index in [2.05, 4.69) is 5.32 Å². The number of nitriles is 1. The molecule has 1 atom stereocenters. The second kappa shape index (κ2) is 9.94. The summed E-state index contributed by atoms with van der Waals surface area (Å²) in [4.78, 5) is 23.5. The van der Waals surface area contributed by atoms with E-state index in [4.69, 9.17) is 4.74 Å². The number of methoxy groups -OCH3 is 1. The third-order valence-electron chi connectivity index (χ3n) is 3.93. The van der Waals surface area contributed by atoms with Crippen molar-refractivity contribution < 1.29 is 27.5 Å². The van der Waals surface area contributed by atoms with Crippen LogP contribution >= 0.6 is 0 Å². The molecule has 0 bridgehead atoms. The van der Waals surface area contributed by atoms with Gasteiger partial charge in [0.05, 0.1) is 19.2 Å². The molecular formula is C18H23F3N4O3. The monoisotopic (exact) mass is 400 g/mol. The van der Waals surface area contributed by atoms with Crippen LogP contribution in [0.2, 0.25) is 0 Å². The first kappa shape index (κ1) is 23.2. The number of nitrogens with one attached hydrogen (secondary N) is 2. The molecule has 1 heterocycles. The molecule has 2 N–H and O–H groups in total. The third kappa shape index (κ3) is 6.74. The fourth-order valence-corrected chi connectivity index (χ4v) is 2.76. The van der Waals surface area contributed by atoms with Gasteiger partial charge in [-0.15, -0.1) is 0 Å². The van der Waals surface area contributed by atoms with Crippen molar-refractivity contribution >= 4 is 17.9 Å². The SMILES string of the molecule is COCC(C)n1c(C)cc(C=C(C#N)C(=O)NCC(=O)NCC(F)(F)F)c1C. The molecule has 1 aromatic rings. The predicted octanol–water partition coefficient (Wildman–Crippen LogP) is 2.01. The molecule has 1 rings (SSSR count). The first-order chi connectivity index (χ1) is 13.0. The lowest BCUT2D eigenvalue weighted by Gasteiger charge is -2.17. The van der Waals surface area contributed by atoms with Crippen molar-refractivity contribution in [1.82, 2.24) is 15.2 Å². The summed E-state index contributed by atoms with van der Waals surface area (Å²) in [5.41, 5.74) is 2.12. The van der Waals surface area contributed by atoms with E-state index in [1.807, 2.05) is 31.4 Å². The molecule has 0 fully saturated rings. The standard InChI is InChI=1S/C18H23F3N4O3/c1-11-5-14(13(3)25(11)12(2)9-28-4)6-15(7-22)17(27)23-8-16(26)24-10-18(19,20)21/h5-6,12H,8-10H2,1-4H3,(H,23,27)(H,24,26). The number of halogens is 3. The van der Waals surface area contributed by atoms with Crippen LogP contribution in [0.5, 0.6) is 0 Å². The topological polar surface area (TPSA) is 96.2 Å². The molecule has 154 valence electrons. The van der Waals surface area contributed by atoms with Crippen molar-refractivity contribution in [3.8, 4) is 6.07 Å². The van der Waals surface area contributed by atoms with Gasteiger partial charge in [0.15, 0.2) is 0 Å². The fourth-order valence-electron chi connectivity index (χ4n) is 2.76. The smallest absolute Gasteiger partial charge is 0.383 e. The first-order valence-electron chi connectivity index (χ1n) is 8.41. The first-order valence-corrected chi connectivity index (χ1v) is 8.41. The minimum absolute atomic E-state index is 0.0452. The Balaban J connectivity index is 2.86. The van der Waals surface area contributed by atoms with Gasteiger partial charge in [0.25, 0.3) is 5.91 Å². The summed E-state index contributed by atoms with van der Waals surface area (Å²) in [6.45, 7) is 4.01. The van der Waals surface area contributed by atoms with E-state index in [0.29, 0.717) is 12.2 Å². The largest absolute Gasteiger partial charge is 0.405 e. The van der Waals surface area contributed by atoms with E-state index < -0.39 is 31.1 Å². The number of carbonyl (C=O) groups is 2. The molecule has 0 aliphatic heterocycles. The molecule has 2 amide bonds. The van der Waals surface area contributed by atoms with Crippen LogP contribution in [0.25, 0.3) is 6.08 Å². The Morgan fingerprint density at radius 2 is 2.00 bits per heavy atom. The molecule has 10 heteroatoms. The van der Waals surface area contributed by atoms with Gasteiger partial charge in [0, 0.05) is 18.5 Å². The molecule has 1 unspecified atom stereocenters. The van der Waals surface area contributed by atoms with Gasteiger partial charge in [0.1, 0.15) is 18.2 Å². The van der Waals surface area contributed by atoms with Crippen LogP contribution in [0.1, 0.15) is 29.9 Å². The van der Waals surface area contributed by atoms with Gasteiger partial charge in [-0.3, -0.25) is 9.59 Å². The average molecular weight is 400 g/mol. The number of ether oxygens (including phenoxy) is 1. The molecule has 7 nitrogen and oxygen atoms in total. The highest BCUT2D eigenvalue weighted by Crippen LogP contribution is 2.22. The Labute approximate surface area is 161 Å². The number of alkyl halides is 3. The van der Waals surface area contributed by atoms with Crippen molar-refractivity contribution in [3.05, 3.63) is 28.6 Å². The summed E-state index contributed by atoms with van der Waals surface area (Å²) < 4.78 is 43.3. The van der Waals surface area contributed by atoms with Crippen LogP contribution in [0.3, 0.4) is 0 Å². The van der Waals surface area contributed by atoms with Gasteiger partial charge in [0.2, 0.25) is 5.91 Å². The van der Waals surface area contributed by atoms with Gasteiger partial charge < -0.3 is 19.9 Å². The van der Waals surface area contributed by atoms with E-state index in [1.165, 1.54) is 6.08 Å². The molecule has 0 aromatic carbocycles. The van der Waals surface area contributed by atoms with Gasteiger partial charge in [-0.05, 0) is 38.5 Å². The number of carbonyl (C=O) groups excluding carboxylic acids is 2. The molecule has 0 radical (unpaired) electrons. The van der Waals surface area contributed by atoms with E-state index in [1.54, 1.807) is 18.5 Å². The average Bonchev–Trinajstić information content (AvgIpc) is 2.88. The molecule has 0 spiro atoms. The highest BCUT2D eigenvalue weighted by molar-refractivity contribution is 6.03. The zero-order chi connectivity index (χ0) is 21.5. The van der Waals surface area contributed by atoms with Crippen LogP contribution in [0, 0.1) is 25.2 Å². The summed E-state index contributed by atoms with van der Waals surface area (Å²) in [5, 5.41) is 13.0. The van der Waals surface area contributed by atoms with Crippen molar-refractivity contribution in [3.63, 3.8) is 0 Å². The van der Waals surface area contributed by atoms with E-state index in [0.717, 1.165) is 11.4 Å². The predicted molar refractivity (Wildman–Crippen MR) is 96.2 cm³/mol. The van der Waals surface area contributed by atoms with Gasteiger partial charge in [-0.1, -0.05) is 0 Å². The lowest BCUT2D eigenvalue weighted by molar-refractivity contribution is -0.138. The fraction of sp³-hybridized carbons (Fsp3) is 0.500. The van der Waals surface area contributed by atoms with Crippen LogP contribution in [-0.2, 0) is 14.3 Å². The Morgan fingerprint density at radius 1 is 1.36 bits per heavy atom. The normalized spacial score (nSPS) is 13.0. The van der Waals surface area contributed by atoms with Crippen LogP contribution in [0.4, 0.5) is 13.2 Å². The number of amides is 2. The van der Waals surface area contributed by atoms with E-state index in [9.17, 15) is 28.0 Å². The number of hydrogen-bond acceptors (Lipinski definition) is 4. The van der Waals surface area contributed by atoms with Crippen molar-refractivity contribution in [2.24, 2.45) is 0 Å². The summed E-state index contributed by atoms with van der Waals surface area (Å²) in [5.74, 6) is -1.85. The molecule has 1 aromatic heterocycles. The number of hydrogen-bond donors (Lipinski definition) is 2. The molecule has 28 heavy (non-hydrogen) atoms. The number of nitrogens with zero attached hydrogens (tertiary/aromatic N) is 2. The van der Waals surface area contributed by atoms with Crippen LogP contribution in [-0.4, -0.2) is 49.4 Å². The molecule has 0 saturated heterocycles. The Hall–Kier alpha value is -2.80. The van der Waals surface area contributed by atoms with Gasteiger partial charge in [-0.2, -0.15) is 18.4 Å². The highest BCUT2D eigenvalue weighted by Gasteiger charge is 2.27. The zero-order valence-corrected chi connectivity index (χ0v) is 16.1. The minimum atomic E-state index is -4.54. The number of aromatic nitrogens is 1. The summed E-state index contributed by atoms with van der Waals surface area (Å²) in [6, 6.07) is 3.60. The van der Waals surface area contributed by atoms with Crippen LogP contribution < -0.4 is 10.6 Å². The molecule has 0 aliphatic rings. The van der Waals surface area contributed by atoms with Crippen LogP contribution in [0.15, 0.2) is 11.6 Å². The molecule has 0 aliphatic carbocycles. The summed E-state index contributed by atoms with van der Waals surface area (Å²) >= 11 is 0. The Bertz CT molecular complexity index is 791. The Kier molecular flexibility index (Phi) is 8.25. The Morgan fingerprint density at radius 3 is 2.54 bits per heavy atom. The molecular weight excluding hydrogens is 377 g/mol. The number of aryl methyl sites for hydroxylation is 1. The van der Waals surface area contributed by atoms with E-state index in [-0.39, 0.29) is 11.6 Å².